The van der Waals surface area contributed by atoms with Gasteiger partial charge in [-0.1, -0.05) is 44.9 Å². The van der Waals surface area contributed by atoms with Crippen molar-refractivity contribution in [1.82, 2.24) is 0 Å². The minimum Gasteiger partial charge on any atom is -0.481 e. The summed E-state index contributed by atoms with van der Waals surface area (Å²) >= 11 is 0. The highest BCUT2D eigenvalue weighted by Gasteiger charge is 2.45. The van der Waals surface area contributed by atoms with Crippen LogP contribution >= 0.6 is 0 Å². The van der Waals surface area contributed by atoms with Crippen molar-refractivity contribution in [1.29, 1.82) is 0 Å². The number of carboxylic acid groups (broad SMARTS) is 1. The van der Waals surface area contributed by atoms with Gasteiger partial charge in [0.25, 0.3) is 0 Å². The van der Waals surface area contributed by atoms with Crippen LogP contribution in [0.15, 0.2) is 0 Å². The summed E-state index contributed by atoms with van der Waals surface area (Å²) in [5.41, 5.74) is -0.345. The molecule has 16 heavy (non-hydrogen) atoms. The molecule has 0 unspecified atom stereocenters. The summed E-state index contributed by atoms with van der Waals surface area (Å²) in [5, 5.41) is 9.63. The van der Waals surface area contributed by atoms with Crippen molar-refractivity contribution < 1.29 is 9.90 Å². The van der Waals surface area contributed by atoms with Gasteiger partial charge >= 0.3 is 5.97 Å². The topological polar surface area (TPSA) is 37.3 Å². The fourth-order valence-electron chi connectivity index (χ4n) is 3.81. The Kier molecular flexibility index (Phi) is 3.88. The van der Waals surface area contributed by atoms with Gasteiger partial charge in [-0.25, -0.2) is 0 Å². The molecular formula is C14H24O2. The van der Waals surface area contributed by atoms with E-state index in [0.29, 0.717) is 5.92 Å². The Labute approximate surface area is 98.4 Å². The molecule has 2 rings (SSSR count). The Morgan fingerprint density at radius 1 is 0.875 bits per heavy atom. The molecule has 92 valence electrons. The molecule has 2 saturated carbocycles. The van der Waals surface area contributed by atoms with Crippen molar-refractivity contribution in [3.05, 3.63) is 0 Å². The third kappa shape index (κ3) is 2.26. The van der Waals surface area contributed by atoms with Gasteiger partial charge in [-0.2, -0.15) is 0 Å². The SMILES string of the molecule is O=C(O)C1(C2CCCCCC2)CCCCC1. The smallest absolute Gasteiger partial charge is 0.309 e. The summed E-state index contributed by atoms with van der Waals surface area (Å²) in [6.07, 6.45) is 12.8. The summed E-state index contributed by atoms with van der Waals surface area (Å²) in [4.78, 5) is 11.7. The fraction of sp³-hybridized carbons (Fsp3) is 0.929. The van der Waals surface area contributed by atoms with E-state index in [4.69, 9.17) is 0 Å². The zero-order valence-electron chi connectivity index (χ0n) is 10.2. The predicted molar refractivity (Wildman–Crippen MR) is 64.3 cm³/mol. The van der Waals surface area contributed by atoms with Crippen LogP contribution in [0.5, 0.6) is 0 Å². The molecule has 0 aromatic heterocycles. The maximum atomic E-state index is 11.7. The molecule has 0 saturated heterocycles. The van der Waals surface area contributed by atoms with E-state index in [1.165, 1.54) is 32.1 Å². The summed E-state index contributed by atoms with van der Waals surface area (Å²) in [7, 11) is 0. The van der Waals surface area contributed by atoms with Crippen LogP contribution in [-0.2, 0) is 4.79 Å². The van der Waals surface area contributed by atoms with Gasteiger partial charge in [0.15, 0.2) is 0 Å². The van der Waals surface area contributed by atoms with Gasteiger partial charge in [0.05, 0.1) is 5.41 Å². The highest BCUT2D eigenvalue weighted by atomic mass is 16.4. The maximum absolute atomic E-state index is 11.7. The van der Waals surface area contributed by atoms with Crippen molar-refractivity contribution in [2.75, 3.05) is 0 Å². The molecule has 0 amide bonds. The Balaban J connectivity index is 2.12. The lowest BCUT2D eigenvalue weighted by molar-refractivity contribution is -0.156. The average molecular weight is 224 g/mol. The van der Waals surface area contributed by atoms with E-state index in [2.05, 4.69) is 0 Å². The number of carboxylic acids is 1. The van der Waals surface area contributed by atoms with Crippen LogP contribution in [0.4, 0.5) is 0 Å². The van der Waals surface area contributed by atoms with Gasteiger partial charge in [0, 0.05) is 0 Å². The number of hydrogen-bond donors (Lipinski definition) is 1. The van der Waals surface area contributed by atoms with Crippen LogP contribution in [0.1, 0.15) is 70.6 Å². The molecule has 2 heteroatoms. The molecule has 1 N–H and O–H groups in total. The molecule has 0 bridgehead atoms. The second-order valence-corrected chi connectivity index (χ2v) is 5.71. The van der Waals surface area contributed by atoms with Crippen molar-refractivity contribution in [3.8, 4) is 0 Å². The van der Waals surface area contributed by atoms with Crippen molar-refractivity contribution in [3.63, 3.8) is 0 Å². The number of rotatable bonds is 2. The third-order valence-electron chi connectivity index (χ3n) is 4.81. The molecule has 2 aliphatic rings. The largest absolute Gasteiger partial charge is 0.481 e. The van der Waals surface area contributed by atoms with Crippen molar-refractivity contribution in [2.24, 2.45) is 11.3 Å². The first kappa shape index (κ1) is 11.9. The van der Waals surface area contributed by atoms with Crippen LogP contribution in [0.2, 0.25) is 0 Å². The second kappa shape index (κ2) is 5.20. The monoisotopic (exact) mass is 224 g/mol. The van der Waals surface area contributed by atoms with E-state index < -0.39 is 5.97 Å². The molecule has 0 heterocycles. The number of aliphatic carboxylic acids is 1. The fourth-order valence-corrected chi connectivity index (χ4v) is 3.81. The quantitative estimate of drug-likeness (QED) is 0.720. The van der Waals surface area contributed by atoms with E-state index >= 15 is 0 Å². The summed E-state index contributed by atoms with van der Waals surface area (Å²) < 4.78 is 0. The first-order valence-corrected chi connectivity index (χ1v) is 6.99. The van der Waals surface area contributed by atoms with Crippen LogP contribution in [0.25, 0.3) is 0 Å². The standard InChI is InChI=1S/C14H24O2/c15-13(16)14(10-6-3-7-11-14)12-8-4-1-2-5-9-12/h12H,1-11H2,(H,15,16). The highest BCUT2D eigenvalue weighted by Crippen LogP contribution is 2.47. The molecule has 2 fully saturated rings. The van der Waals surface area contributed by atoms with Crippen LogP contribution in [0.3, 0.4) is 0 Å². The highest BCUT2D eigenvalue weighted by molar-refractivity contribution is 5.75. The van der Waals surface area contributed by atoms with E-state index in [-0.39, 0.29) is 5.41 Å². The molecule has 2 aliphatic carbocycles. The maximum Gasteiger partial charge on any atom is 0.309 e. The molecule has 0 aromatic carbocycles. The Bertz CT molecular complexity index is 233. The first-order chi connectivity index (χ1) is 7.76. The minimum atomic E-state index is -0.501. The Morgan fingerprint density at radius 3 is 1.88 bits per heavy atom. The van der Waals surface area contributed by atoms with Gasteiger partial charge in [-0.05, 0) is 31.6 Å². The summed E-state index contributed by atoms with van der Waals surface area (Å²) in [6, 6.07) is 0. The predicted octanol–water partition coefficient (Wildman–Crippen LogP) is 3.99. The molecule has 0 aliphatic heterocycles. The zero-order chi connectivity index (χ0) is 11.4. The van der Waals surface area contributed by atoms with Crippen LogP contribution < -0.4 is 0 Å². The van der Waals surface area contributed by atoms with Gasteiger partial charge < -0.3 is 5.11 Å². The Morgan fingerprint density at radius 2 is 1.38 bits per heavy atom. The molecule has 2 nitrogen and oxygen atoms in total. The lowest BCUT2D eigenvalue weighted by Gasteiger charge is -2.40. The van der Waals surface area contributed by atoms with E-state index in [9.17, 15) is 9.90 Å². The third-order valence-corrected chi connectivity index (χ3v) is 4.81. The number of carbonyl (C=O) groups is 1. The summed E-state index contributed by atoms with van der Waals surface area (Å²) in [6.45, 7) is 0. The van der Waals surface area contributed by atoms with E-state index in [1.807, 2.05) is 0 Å². The van der Waals surface area contributed by atoms with Gasteiger partial charge in [0.2, 0.25) is 0 Å². The van der Waals surface area contributed by atoms with Crippen molar-refractivity contribution in [2.45, 2.75) is 70.6 Å². The van der Waals surface area contributed by atoms with Crippen LogP contribution in [-0.4, -0.2) is 11.1 Å². The van der Waals surface area contributed by atoms with Crippen molar-refractivity contribution >= 4 is 5.97 Å². The normalized spacial score (nSPS) is 27.2. The minimum absolute atomic E-state index is 0.345. The summed E-state index contributed by atoms with van der Waals surface area (Å²) in [5.74, 6) is -0.0353. The molecule has 0 spiro atoms. The molecule has 0 aromatic rings. The van der Waals surface area contributed by atoms with Gasteiger partial charge in [-0.15, -0.1) is 0 Å². The zero-order valence-corrected chi connectivity index (χ0v) is 10.2. The van der Waals surface area contributed by atoms with E-state index in [0.717, 1.165) is 38.5 Å². The Hall–Kier alpha value is -0.530. The van der Waals surface area contributed by atoms with Gasteiger partial charge in [0.1, 0.15) is 0 Å². The van der Waals surface area contributed by atoms with Crippen LogP contribution in [0, 0.1) is 11.3 Å². The number of hydrogen-bond acceptors (Lipinski definition) is 1. The lowest BCUT2D eigenvalue weighted by Crippen LogP contribution is -2.40. The van der Waals surface area contributed by atoms with E-state index in [1.54, 1.807) is 0 Å². The second-order valence-electron chi connectivity index (χ2n) is 5.71. The molecular weight excluding hydrogens is 200 g/mol. The first-order valence-electron chi connectivity index (χ1n) is 6.99. The molecule has 0 radical (unpaired) electrons. The average Bonchev–Trinajstić information content (AvgIpc) is 2.58. The lowest BCUT2D eigenvalue weighted by atomic mass is 9.63. The molecule has 0 atom stereocenters. The van der Waals surface area contributed by atoms with Gasteiger partial charge in [-0.3, -0.25) is 4.79 Å².